The molecule has 2 aromatic rings. The van der Waals surface area contributed by atoms with Gasteiger partial charge in [0.05, 0.1) is 12.6 Å². The fourth-order valence-corrected chi connectivity index (χ4v) is 1.88. The van der Waals surface area contributed by atoms with Gasteiger partial charge in [0, 0.05) is 11.5 Å². The van der Waals surface area contributed by atoms with Crippen molar-refractivity contribution in [3.63, 3.8) is 0 Å². The molecule has 5 heteroatoms. The van der Waals surface area contributed by atoms with E-state index in [0.29, 0.717) is 9.89 Å². The van der Waals surface area contributed by atoms with E-state index in [2.05, 4.69) is 25.9 Å². The smallest absolute Gasteiger partial charge is 0.198 e. The van der Waals surface area contributed by atoms with Crippen LogP contribution in [-0.2, 0) is 0 Å². The predicted octanol–water partition coefficient (Wildman–Crippen LogP) is 3.05. The van der Waals surface area contributed by atoms with Gasteiger partial charge in [0.25, 0.3) is 0 Å². The van der Waals surface area contributed by atoms with E-state index in [0.717, 1.165) is 16.7 Å². The van der Waals surface area contributed by atoms with E-state index in [-0.39, 0.29) is 0 Å². The molecule has 0 aliphatic rings. The summed E-state index contributed by atoms with van der Waals surface area (Å²) >= 11 is 9.12. The Morgan fingerprint density at radius 2 is 2.14 bits per heavy atom. The van der Waals surface area contributed by atoms with Gasteiger partial charge >= 0.3 is 0 Å². The molecular weight excluding hydrogens is 267 g/mol. The summed E-state index contributed by atoms with van der Waals surface area (Å²) in [5.74, 6) is 0.749. The lowest BCUT2D eigenvalue weighted by Crippen LogP contribution is -1.88. The fraction of sp³-hybridized carbons (Fsp3) is 0.111. The molecule has 1 aromatic heterocycles. The van der Waals surface area contributed by atoms with E-state index in [4.69, 9.17) is 16.3 Å². The van der Waals surface area contributed by atoms with Crippen LogP contribution in [0.2, 0.25) is 5.15 Å². The summed E-state index contributed by atoms with van der Waals surface area (Å²) in [6.07, 6.45) is 0. The average Bonchev–Trinajstić information content (AvgIpc) is 2.16. The zero-order chi connectivity index (χ0) is 10.1. The van der Waals surface area contributed by atoms with Crippen LogP contribution >= 0.6 is 27.5 Å². The maximum absolute atomic E-state index is 5.94. The van der Waals surface area contributed by atoms with Crippen LogP contribution < -0.4 is 4.74 Å². The van der Waals surface area contributed by atoms with Crippen LogP contribution in [0.4, 0.5) is 0 Å². The fourth-order valence-electron chi connectivity index (χ4n) is 1.17. The largest absolute Gasteiger partial charge is 0.497 e. The first-order chi connectivity index (χ1) is 6.70. The zero-order valence-electron chi connectivity index (χ0n) is 7.29. The third kappa shape index (κ3) is 1.67. The molecule has 0 aliphatic heterocycles. The van der Waals surface area contributed by atoms with Crippen LogP contribution in [0.25, 0.3) is 10.9 Å². The number of methoxy groups -OCH3 is 1. The molecule has 0 spiro atoms. The third-order valence-electron chi connectivity index (χ3n) is 1.83. The number of hydrogen-bond acceptors (Lipinski definition) is 3. The van der Waals surface area contributed by atoms with Crippen molar-refractivity contribution >= 4 is 38.4 Å². The van der Waals surface area contributed by atoms with E-state index in [1.165, 1.54) is 0 Å². The van der Waals surface area contributed by atoms with Gasteiger partial charge in [-0.25, -0.2) is 9.97 Å². The molecule has 0 amide bonds. The van der Waals surface area contributed by atoms with Crippen molar-refractivity contribution in [3.05, 3.63) is 28.1 Å². The van der Waals surface area contributed by atoms with Gasteiger partial charge in [0.1, 0.15) is 10.9 Å². The SMILES string of the molecule is COc1ccc2c(Cl)nc(Br)nc2c1. The molecule has 0 atom stereocenters. The topological polar surface area (TPSA) is 35.0 Å². The summed E-state index contributed by atoms with van der Waals surface area (Å²) in [4.78, 5) is 8.17. The number of halogens is 2. The van der Waals surface area contributed by atoms with Gasteiger partial charge in [-0.05, 0) is 28.1 Å². The van der Waals surface area contributed by atoms with Crippen LogP contribution in [0.3, 0.4) is 0 Å². The molecule has 0 fully saturated rings. The van der Waals surface area contributed by atoms with Crippen LogP contribution in [0.5, 0.6) is 5.75 Å². The van der Waals surface area contributed by atoms with Gasteiger partial charge in [-0.2, -0.15) is 0 Å². The first-order valence-corrected chi connectivity index (χ1v) is 5.04. The van der Waals surface area contributed by atoms with Crippen molar-refractivity contribution < 1.29 is 4.74 Å². The number of rotatable bonds is 1. The highest BCUT2D eigenvalue weighted by Crippen LogP contribution is 2.25. The molecule has 0 radical (unpaired) electrons. The zero-order valence-corrected chi connectivity index (χ0v) is 9.63. The lowest BCUT2D eigenvalue weighted by molar-refractivity contribution is 0.415. The summed E-state index contributed by atoms with van der Waals surface area (Å²) < 4.78 is 5.56. The number of benzene rings is 1. The number of fused-ring (bicyclic) bond motifs is 1. The monoisotopic (exact) mass is 272 g/mol. The summed E-state index contributed by atoms with van der Waals surface area (Å²) in [6.45, 7) is 0. The lowest BCUT2D eigenvalue weighted by Gasteiger charge is -2.03. The van der Waals surface area contributed by atoms with Crippen molar-refractivity contribution in [1.29, 1.82) is 0 Å². The molecule has 3 nitrogen and oxygen atoms in total. The minimum absolute atomic E-state index is 0.435. The normalized spacial score (nSPS) is 10.5. The van der Waals surface area contributed by atoms with Crippen molar-refractivity contribution in [2.24, 2.45) is 0 Å². The molecule has 14 heavy (non-hydrogen) atoms. The Kier molecular flexibility index (Phi) is 2.56. The summed E-state index contributed by atoms with van der Waals surface area (Å²) in [5, 5.41) is 1.25. The molecule has 0 saturated heterocycles. The maximum atomic E-state index is 5.94. The Balaban J connectivity index is 2.75. The Labute approximate surface area is 94.2 Å². The van der Waals surface area contributed by atoms with Gasteiger partial charge in [0.2, 0.25) is 0 Å². The second kappa shape index (κ2) is 3.71. The second-order valence-electron chi connectivity index (χ2n) is 2.67. The summed E-state index contributed by atoms with van der Waals surface area (Å²) in [7, 11) is 1.61. The van der Waals surface area contributed by atoms with Crippen LogP contribution in [0, 0.1) is 0 Å². The van der Waals surface area contributed by atoms with Gasteiger partial charge < -0.3 is 4.74 Å². The molecule has 1 aromatic carbocycles. The van der Waals surface area contributed by atoms with E-state index in [1.807, 2.05) is 18.2 Å². The number of ether oxygens (including phenoxy) is 1. The van der Waals surface area contributed by atoms with Gasteiger partial charge in [-0.1, -0.05) is 11.6 Å². The van der Waals surface area contributed by atoms with Crippen molar-refractivity contribution in [2.45, 2.75) is 0 Å². The average molecular weight is 274 g/mol. The summed E-state index contributed by atoms with van der Waals surface area (Å²) in [5.41, 5.74) is 0.760. The lowest BCUT2D eigenvalue weighted by atomic mass is 10.2. The Bertz CT molecular complexity index is 489. The first-order valence-electron chi connectivity index (χ1n) is 3.87. The third-order valence-corrected chi connectivity index (χ3v) is 2.47. The highest BCUT2D eigenvalue weighted by atomic mass is 79.9. The van der Waals surface area contributed by atoms with E-state index < -0.39 is 0 Å². The van der Waals surface area contributed by atoms with Crippen LogP contribution in [0.1, 0.15) is 0 Å². The van der Waals surface area contributed by atoms with Gasteiger partial charge in [-0.15, -0.1) is 0 Å². The van der Waals surface area contributed by atoms with E-state index >= 15 is 0 Å². The highest BCUT2D eigenvalue weighted by Gasteiger charge is 2.04. The Morgan fingerprint density at radius 1 is 1.36 bits per heavy atom. The van der Waals surface area contributed by atoms with Gasteiger partial charge in [0.15, 0.2) is 4.73 Å². The van der Waals surface area contributed by atoms with E-state index in [9.17, 15) is 0 Å². The standard InChI is InChI=1S/C9H6BrClN2O/c1-14-5-2-3-6-7(4-5)12-9(10)13-8(6)11/h2-4H,1H3. The second-order valence-corrected chi connectivity index (χ2v) is 3.73. The molecule has 72 valence electrons. The van der Waals surface area contributed by atoms with E-state index in [1.54, 1.807) is 7.11 Å². The number of nitrogens with zero attached hydrogens (tertiary/aromatic N) is 2. The van der Waals surface area contributed by atoms with Crippen LogP contribution in [0.15, 0.2) is 22.9 Å². The first kappa shape index (κ1) is 9.68. The van der Waals surface area contributed by atoms with Crippen LogP contribution in [-0.4, -0.2) is 17.1 Å². The Hall–Kier alpha value is -0.870. The van der Waals surface area contributed by atoms with Crippen molar-refractivity contribution in [1.82, 2.24) is 9.97 Å². The molecule has 0 saturated carbocycles. The number of hydrogen-bond donors (Lipinski definition) is 0. The molecule has 2 rings (SSSR count). The molecule has 0 unspecified atom stereocenters. The highest BCUT2D eigenvalue weighted by molar-refractivity contribution is 9.10. The molecule has 0 N–H and O–H groups in total. The maximum Gasteiger partial charge on any atom is 0.198 e. The number of aromatic nitrogens is 2. The van der Waals surface area contributed by atoms with Crippen molar-refractivity contribution in [2.75, 3.05) is 7.11 Å². The van der Waals surface area contributed by atoms with Gasteiger partial charge in [-0.3, -0.25) is 0 Å². The predicted molar refractivity (Wildman–Crippen MR) is 58.8 cm³/mol. The quantitative estimate of drug-likeness (QED) is 0.592. The minimum Gasteiger partial charge on any atom is -0.497 e. The van der Waals surface area contributed by atoms with Crippen molar-refractivity contribution in [3.8, 4) is 5.75 Å². The molecule has 0 bridgehead atoms. The summed E-state index contributed by atoms with van der Waals surface area (Å²) in [6, 6.07) is 5.47. The molecule has 0 aliphatic carbocycles. The minimum atomic E-state index is 0.435. The Morgan fingerprint density at radius 3 is 2.86 bits per heavy atom. The molecule has 1 heterocycles. The molecular formula is C9H6BrClN2O.